The van der Waals surface area contributed by atoms with Gasteiger partial charge in [0.25, 0.3) is 0 Å². The first kappa shape index (κ1) is 11.2. The summed E-state index contributed by atoms with van der Waals surface area (Å²) in [5, 5.41) is 8.86. The van der Waals surface area contributed by atoms with E-state index in [-0.39, 0.29) is 6.10 Å². The second-order valence-electron chi connectivity index (χ2n) is 2.98. The molecule has 0 aliphatic rings. The van der Waals surface area contributed by atoms with E-state index in [2.05, 4.69) is 0 Å². The van der Waals surface area contributed by atoms with Crippen LogP contribution in [0.5, 0.6) is 11.5 Å². The SMILES string of the molecule is CC(C)Oc1ccc(O[B]O)cc1Cl. The summed E-state index contributed by atoms with van der Waals surface area (Å²) in [6, 6.07) is 4.93. The molecule has 0 saturated heterocycles. The van der Waals surface area contributed by atoms with Crippen LogP contribution in [-0.4, -0.2) is 18.8 Å². The second kappa shape index (κ2) is 5.12. The van der Waals surface area contributed by atoms with Gasteiger partial charge in [-0.15, -0.1) is 0 Å². The largest absolute Gasteiger partial charge is 0.569 e. The van der Waals surface area contributed by atoms with Crippen LogP contribution in [0.3, 0.4) is 0 Å². The van der Waals surface area contributed by atoms with Gasteiger partial charge < -0.3 is 14.4 Å². The van der Waals surface area contributed by atoms with Crippen molar-refractivity contribution in [1.82, 2.24) is 0 Å². The van der Waals surface area contributed by atoms with E-state index in [0.29, 0.717) is 24.2 Å². The lowest BCUT2D eigenvalue weighted by Gasteiger charge is -2.12. The van der Waals surface area contributed by atoms with Crippen LogP contribution in [0.15, 0.2) is 18.2 Å². The lowest BCUT2D eigenvalue weighted by atomic mass is 10.3. The van der Waals surface area contributed by atoms with Gasteiger partial charge in [-0.3, -0.25) is 0 Å². The molecular weight excluding hydrogens is 202 g/mol. The number of benzene rings is 1. The van der Waals surface area contributed by atoms with Crippen LogP contribution in [0.1, 0.15) is 13.8 Å². The van der Waals surface area contributed by atoms with Crippen LogP contribution in [0.4, 0.5) is 0 Å². The number of rotatable bonds is 4. The summed E-state index contributed by atoms with van der Waals surface area (Å²) in [6.07, 6.45) is 0.0728. The maximum absolute atomic E-state index is 8.40. The molecule has 14 heavy (non-hydrogen) atoms. The number of ether oxygens (including phenoxy) is 1. The minimum Gasteiger partial charge on any atom is -0.537 e. The average Bonchev–Trinajstić information content (AvgIpc) is 2.10. The molecule has 0 aliphatic carbocycles. The van der Waals surface area contributed by atoms with Crippen LogP contribution in [0.2, 0.25) is 5.02 Å². The Balaban J connectivity index is 2.79. The summed E-state index contributed by atoms with van der Waals surface area (Å²) in [4.78, 5) is 0. The van der Waals surface area contributed by atoms with E-state index in [1.165, 1.54) is 0 Å². The molecule has 75 valence electrons. The fourth-order valence-electron chi connectivity index (χ4n) is 0.965. The molecular formula is C9H11BClO3. The minimum absolute atomic E-state index is 0.0728. The predicted molar refractivity (Wildman–Crippen MR) is 55.8 cm³/mol. The molecule has 0 heterocycles. The zero-order chi connectivity index (χ0) is 10.6. The highest BCUT2D eigenvalue weighted by atomic mass is 35.5. The van der Waals surface area contributed by atoms with E-state index < -0.39 is 0 Å². The summed E-state index contributed by atoms with van der Waals surface area (Å²) < 4.78 is 10.2. The Morgan fingerprint density at radius 2 is 2.14 bits per heavy atom. The zero-order valence-corrected chi connectivity index (χ0v) is 8.78. The van der Waals surface area contributed by atoms with Gasteiger partial charge in [0.1, 0.15) is 11.5 Å². The van der Waals surface area contributed by atoms with Crippen LogP contribution in [0, 0.1) is 0 Å². The van der Waals surface area contributed by atoms with Crippen molar-refractivity contribution >= 4 is 19.3 Å². The molecule has 0 atom stereocenters. The van der Waals surface area contributed by atoms with Gasteiger partial charge >= 0.3 is 7.69 Å². The zero-order valence-electron chi connectivity index (χ0n) is 8.03. The molecule has 1 rings (SSSR count). The van der Waals surface area contributed by atoms with Gasteiger partial charge in [-0.05, 0) is 26.0 Å². The molecule has 1 aromatic carbocycles. The number of hydrogen-bond acceptors (Lipinski definition) is 3. The molecule has 3 nitrogen and oxygen atoms in total. The van der Waals surface area contributed by atoms with E-state index in [0.717, 1.165) is 0 Å². The third kappa shape index (κ3) is 3.12. The maximum Gasteiger partial charge on any atom is 0.569 e. The maximum atomic E-state index is 8.40. The van der Waals surface area contributed by atoms with Crippen molar-refractivity contribution < 1.29 is 14.4 Å². The summed E-state index contributed by atoms with van der Waals surface area (Å²) in [6.45, 7) is 3.84. The summed E-state index contributed by atoms with van der Waals surface area (Å²) >= 11 is 5.91. The van der Waals surface area contributed by atoms with Gasteiger partial charge in [-0.1, -0.05) is 11.6 Å². The van der Waals surface area contributed by atoms with Crippen molar-refractivity contribution in [3.63, 3.8) is 0 Å². The van der Waals surface area contributed by atoms with E-state index >= 15 is 0 Å². The number of halogens is 1. The highest BCUT2D eigenvalue weighted by Gasteiger charge is 2.05. The second-order valence-corrected chi connectivity index (χ2v) is 3.39. The quantitative estimate of drug-likeness (QED) is 0.778. The molecule has 1 aromatic rings. The Morgan fingerprint density at radius 3 is 2.64 bits per heavy atom. The van der Waals surface area contributed by atoms with Gasteiger partial charge in [0.15, 0.2) is 0 Å². The Labute approximate surface area is 88.9 Å². The van der Waals surface area contributed by atoms with Crippen molar-refractivity contribution in [2.24, 2.45) is 0 Å². The minimum atomic E-state index is 0.0728. The molecule has 0 fully saturated rings. The van der Waals surface area contributed by atoms with Crippen molar-refractivity contribution in [2.45, 2.75) is 20.0 Å². The Kier molecular flexibility index (Phi) is 4.10. The van der Waals surface area contributed by atoms with Crippen molar-refractivity contribution in [3.8, 4) is 11.5 Å². The first-order chi connectivity index (χ1) is 6.63. The smallest absolute Gasteiger partial charge is 0.537 e. The summed E-state index contributed by atoms with van der Waals surface area (Å²) in [5.41, 5.74) is 0. The molecule has 0 saturated carbocycles. The summed E-state index contributed by atoms with van der Waals surface area (Å²) in [5.74, 6) is 1.07. The van der Waals surface area contributed by atoms with Crippen LogP contribution >= 0.6 is 11.6 Å². The predicted octanol–water partition coefficient (Wildman–Crippen LogP) is 2.03. The normalized spacial score (nSPS) is 10.1. The number of hydrogen-bond donors (Lipinski definition) is 1. The van der Waals surface area contributed by atoms with Gasteiger partial charge in [-0.2, -0.15) is 0 Å². The van der Waals surface area contributed by atoms with Crippen molar-refractivity contribution in [3.05, 3.63) is 23.2 Å². The molecule has 0 amide bonds. The van der Waals surface area contributed by atoms with E-state index in [9.17, 15) is 0 Å². The molecule has 1 N–H and O–H groups in total. The van der Waals surface area contributed by atoms with E-state index in [4.69, 9.17) is 26.0 Å². The summed E-state index contributed by atoms with van der Waals surface area (Å²) in [7, 11) is 0.606. The lowest BCUT2D eigenvalue weighted by molar-refractivity contribution is 0.242. The van der Waals surface area contributed by atoms with Crippen LogP contribution in [-0.2, 0) is 0 Å². The lowest BCUT2D eigenvalue weighted by Crippen LogP contribution is -2.06. The van der Waals surface area contributed by atoms with E-state index in [1.807, 2.05) is 13.8 Å². The molecule has 0 unspecified atom stereocenters. The highest BCUT2D eigenvalue weighted by molar-refractivity contribution is 6.32. The fraction of sp³-hybridized carbons (Fsp3) is 0.333. The van der Waals surface area contributed by atoms with Gasteiger partial charge in [0.05, 0.1) is 11.1 Å². The van der Waals surface area contributed by atoms with E-state index in [1.54, 1.807) is 18.2 Å². The highest BCUT2D eigenvalue weighted by Crippen LogP contribution is 2.29. The molecule has 5 heteroatoms. The first-order valence-electron chi connectivity index (χ1n) is 4.22. The average molecular weight is 213 g/mol. The Bertz CT molecular complexity index is 304. The molecule has 1 radical (unpaired) electrons. The molecule has 0 bridgehead atoms. The topological polar surface area (TPSA) is 38.7 Å². The van der Waals surface area contributed by atoms with Crippen molar-refractivity contribution in [1.29, 1.82) is 0 Å². The Morgan fingerprint density at radius 1 is 1.43 bits per heavy atom. The van der Waals surface area contributed by atoms with Gasteiger partial charge in [-0.25, -0.2) is 0 Å². The molecule has 0 aromatic heterocycles. The van der Waals surface area contributed by atoms with Crippen molar-refractivity contribution in [2.75, 3.05) is 0 Å². The first-order valence-corrected chi connectivity index (χ1v) is 4.60. The fourth-order valence-corrected chi connectivity index (χ4v) is 1.18. The van der Waals surface area contributed by atoms with Gasteiger partial charge in [0.2, 0.25) is 0 Å². The molecule has 0 spiro atoms. The monoisotopic (exact) mass is 213 g/mol. The third-order valence-corrected chi connectivity index (χ3v) is 1.75. The Hall–Kier alpha value is -0.865. The van der Waals surface area contributed by atoms with Crippen LogP contribution in [0.25, 0.3) is 0 Å². The third-order valence-electron chi connectivity index (χ3n) is 1.45. The molecule has 0 aliphatic heterocycles. The van der Waals surface area contributed by atoms with Crippen LogP contribution < -0.4 is 9.39 Å². The standard InChI is InChI=1S/C9H11BClO3/c1-6(2)13-9-4-3-7(14-10-12)5-8(9)11/h3-6,12H,1-2H3. The van der Waals surface area contributed by atoms with Gasteiger partial charge in [0, 0.05) is 6.07 Å².